The number of likely N-dealkylation sites (N-methyl/N-ethyl adjacent to an activating group) is 1. The first-order valence-corrected chi connectivity index (χ1v) is 11.7. The van der Waals surface area contributed by atoms with Crippen LogP contribution in [-0.4, -0.2) is 60.4 Å². The normalized spacial score (nSPS) is 18.1. The number of carbonyl (C=O) groups excluding carboxylic acids is 2. The van der Waals surface area contributed by atoms with Gasteiger partial charge in [0.05, 0.1) is 18.2 Å². The van der Waals surface area contributed by atoms with Crippen molar-refractivity contribution < 1.29 is 19.4 Å². The first kappa shape index (κ1) is 25.5. The Kier molecular flexibility index (Phi) is 7.51. The maximum Gasteiger partial charge on any atom is 0.295 e. The number of aryl methyl sites for hydroxylation is 1. The van der Waals surface area contributed by atoms with Crippen LogP contribution in [0.5, 0.6) is 5.75 Å². The van der Waals surface area contributed by atoms with Crippen LogP contribution in [0.15, 0.2) is 48.0 Å². The van der Waals surface area contributed by atoms with Crippen molar-refractivity contribution >= 4 is 17.4 Å². The molecule has 1 amide bonds. The maximum absolute atomic E-state index is 13.2. The number of hydrogen-bond donors (Lipinski definition) is 1. The van der Waals surface area contributed by atoms with Crippen LogP contribution in [0.25, 0.3) is 5.76 Å². The molecule has 3 rings (SSSR count). The molecule has 1 unspecified atom stereocenters. The average molecular weight is 465 g/mol. The molecule has 2 aromatic rings. The Morgan fingerprint density at radius 3 is 2.26 bits per heavy atom. The Hall–Kier alpha value is -3.12. The first-order valence-electron chi connectivity index (χ1n) is 11.7. The first-order chi connectivity index (χ1) is 16.0. The number of Topliss-reactive ketones (excluding diaryl/α,β-unsaturated/α-hetero) is 1. The zero-order valence-electron chi connectivity index (χ0n) is 21.3. The molecule has 0 bridgehead atoms. The molecule has 6 nitrogen and oxygen atoms in total. The highest BCUT2D eigenvalue weighted by molar-refractivity contribution is 6.46. The molecule has 34 heavy (non-hydrogen) atoms. The fourth-order valence-corrected chi connectivity index (χ4v) is 4.20. The highest BCUT2D eigenvalue weighted by Gasteiger charge is 2.46. The number of likely N-dealkylation sites (tertiary alicyclic amines) is 1. The Morgan fingerprint density at radius 2 is 1.74 bits per heavy atom. The Morgan fingerprint density at radius 1 is 1.09 bits per heavy atom. The number of nitrogens with zero attached hydrogens (tertiary/aromatic N) is 2. The maximum atomic E-state index is 13.2. The van der Waals surface area contributed by atoms with Crippen molar-refractivity contribution in [1.82, 2.24) is 9.80 Å². The van der Waals surface area contributed by atoms with Crippen LogP contribution in [0.3, 0.4) is 0 Å². The van der Waals surface area contributed by atoms with Crippen LogP contribution < -0.4 is 4.74 Å². The molecular weight excluding hydrogens is 428 g/mol. The second-order valence-electron chi connectivity index (χ2n) is 10.1. The molecule has 0 aromatic heterocycles. The number of ether oxygens (including phenoxy) is 1. The van der Waals surface area contributed by atoms with Gasteiger partial charge in [-0.2, -0.15) is 0 Å². The van der Waals surface area contributed by atoms with Gasteiger partial charge in [-0.15, -0.1) is 0 Å². The number of hydrogen-bond acceptors (Lipinski definition) is 5. The van der Waals surface area contributed by atoms with Crippen molar-refractivity contribution in [2.45, 2.75) is 46.1 Å². The number of aliphatic hydroxyl groups is 1. The second kappa shape index (κ2) is 10.0. The molecule has 1 heterocycles. The average Bonchev–Trinajstić information content (AvgIpc) is 3.03. The summed E-state index contributed by atoms with van der Waals surface area (Å²) < 4.78 is 5.60. The van der Waals surface area contributed by atoms with Crippen LogP contribution in [0.4, 0.5) is 0 Å². The third-order valence-electron chi connectivity index (χ3n) is 6.17. The van der Waals surface area contributed by atoms with Gasteiger partial charge >= 0.3 is 0 Å². The van der Waals surface area contributed by atoms with E-state index in [9.17, 15) is 14.7 Å². The van der Waals surface area contributed by atoms with Crippen molar-refractivity contribution in [3.63, 3.8) is 0 Å². The van der Waals surface area contributed by atoms with E-state index in [0.717, 1.165) is 22.4 Å². The van der Waals surface area contributed by atoms with Crippen LogP contribution in [0.2, 0.25) is 0 Å². The van der Waals surface area contributed by atoms with Crippen molar-refractivity contribution in [3.8, 4) is 5.75 Å². The molecule has 0 saturated carbocycles. The van der Waals surface area contributed by atoms with E-state index < -0.39 is 17.7 Å². The molecule has 0 spiro atoms. The lowest BCUT2D eigenvalue weighted by Crippen LogP contribution is -2.35. The van der Waals surface area contributed by atoms with Gasteiger partial charge in [-0.05, 0) is 68.2 Å². The Bertz CT molecular complexity index is 1090. The van der Waals surface area contributed by atoms with E-state index in [-0.39, 0.29) is 16.7 Å². The molecular formula is C28H36N2O4. The summed E-state index contributed by atoms with van der Waals surface area (Å²) in [6.07, 6.45) is 0. The van der Waals surface area contributed by atoms with Crippen LogP contribution in [-0.2, 0) is 15.0 Å². The zero-order chi connectivity index (χ0) is 25.2. The number of amides is 1. The number of rotatable bonds is 7. The zero-order valence-corrected chi connectivity index (χ0v) is 21.3. The summed E-state index contributed by atoms with van der Waals surface area (Å²) in [6.45, 7) is 11.7. The Balaban J connectivity index is 2.13. The lowest BCUT2D eigenvalue weighted by atomic mass is 9.85. The standard InChI is InChI=1S/C28H36N2O4/c1-8-34-22-14-11-20(17-18(22)2)25(31)23-24(19-9-12-21(13-10-19)28(3,4)5)30(16-15-29(6)7)27(33)26(23)32/h9-14,17,24,31H,8,15-16H2,1-7H3. The lowest BCUT2D eigenvalue weighted by molar-refractivity contribution is -0.140. The van der Waals surface area contributed by atoms with E-state index in [1.165, 1.54) is 0 Å². The van der Waals surface area contributed by atoms with Crippen molar-refractivity contribution in [2.24, 2.45) is 0 Å². The molecule has 1 aliphatic rings. The van der Waals surface area contributed by atoms with E-state index in [2.05, 4.69) is 20.8 Å². The molecule has 1 N–H and O–H groups in total. The molecule has 1 fully saturated rings. The van der Waals surface area contributed by atoms with E-state index in [0.29, 0.717) is 25.3 Å². The largest absolute Gasteiger partial charge is 0.507 e. The van der Waals surface area contributed by atoms with Crippen molar-refractivity contribution in [2.75, 3.05) is 33.8 Å². The van der Waals surface area contributed by atoms with Crippen LogP contribution >= 0.6 is 0 Å². The summed E-state index contributed by atoms with van der Waals surface area (Å²) in [5, 5.41) is 11.3. The summed E-state index contributed by atoms with van der Waals surface area (Å²) in [6, 6.07) is 12.6. The fraction of sp³-hybridized carbons (Fsp3) is 0.429. The van der Waals surface area contributed by atoms with Gasteiger partial charge in [0.25, 0.3) is 11.7 Å². The minimum atomic E-state index is -0.660. The number of ketones is 1. The van der Waals surface area contributed by atoms with E-state index in [1.807, 2.05) is 57.1 Å². The minimum Gasteiger partial charge on any atom is -0.507 e. The summed E-state index contributed by atoms with van der Waals surface area (Å²) in [4.78, 5) is 29.8. The summed E-state index contributed by atoms with van der Waals surface area (Å²) in [5.74, 6) is -0.690. The molecule has 6 heteroatoms. The fourth-order valence-electron chi connectivity index (χ4n) is 4.20. The second-order valence-corrected chi connectivity index (χ2v) is 10.1. The molecule has 1 saturated heterocycles. The summed E-state index contributed by atoms with van der Waals surface area (Å²) in [7, 11) is 3.85. The summed E-state index contributed by atoms with van der Waals surface area (Å²) >= 11 is 0. The quantitative estimate of drug-likeness (QED) is 0.366. The number of benzene rings is 2. The van der Waals surface area contributed by atoms with Gasteiger partial charge in [-0.1, -0.05) is 45.0 Å². The molecule has 0 aliphatic carbocycles. The van der Waals surface area contributed by atoms with Crippen molar-refractivity contribution in [3.05, 3.63) is 70.3 Å². The predicted molar refractivity (Wildman–Crippen MR) is 135 cm³/mol. The van der Waals surface area contributed by atoms with E-state index >= 15 is 0 Å². The topological polar surface area (TPSA) is 70.1 Å². The van der Waals surface area contributed by atoms with Gasteiger partial charge in [0.1, 0.15) is 11.5 Å². The predicted octanol–water partition coefficient (Wildman–Crippen LogP) is 4.67. The number of carbonyl (C=O) groups is 2. The molecule has 0 radical (unpaired) electrons. The van der Waals surface area contributed by atoms with Crippen LogP contribution in [0, 0.1) is 6.92 Å². The van der Waals surface area contributed by atoms with E-state index in [1.54, 1.807) is 23.1 Å². The molecule has 1 atom stereocenters. The Labute approximate surface area is 202 Å². The molecule has 2 aromatic carbocycles. The third-order valence-corrected chi connectivity index (χ3v) is 6.17. The minimum absolute atomic E-state index is 0.0227. The van der Waals surface area contributed by atoms with Crippen molar-refractivity contribution in [1.29, 1.82) is 0 Å². The van der Waals surface area contributed by atoms with Gasteiger partial charge in [0, 0.05) is 18.7 Å². The number of aliphatic hydroxyl groups excluding tert-OH is 1. The SMILES string of the molecule is CCOc1ccc(C(O)=C2C(=O)C(=O)N(CCN(C)C)C2c2ccc(C(C)(C)C)cc2)cc1C. The monoisotopic (exact) mass is 464 g/mol. The van der Waals surface area contributed by atoms with E-state index in [4.69, 9.17) is 4.74 Å². The highest BCUT2D eigenvalue weighted by Crippen LogP contribution is 2.40. The van der Waals surface area contributed by atoms with Gasteiger partial charge in [-0.3, -0.25) is 9.59 Å². The van der Waals surface area contributed by atoms with Gasteiger partial charge < -0.3 is 19.6 Å². The smallest absolute Gasteiger partial charge is 0.295 e. The van der Waals surface area contributed by atoms with Gasteiger partial charge in [-0.25, -0.2) is 0 Å². The summed E-state index contributed by atoms with van der Waals surface area (Å²) in [5.41, 5.74) is 3.39. The highest BCUT2D eigenvalue weighted by atomic mass is 16.5. The molecule has 1 aliphatic heterocycles. The molecule has 182 valence electrons. The lowest BCUT2D eigenvalue weighted by Gasteiger charge is -2.27. The van der Waals surface area contributed by atoms with Crippen LogP contribution in [0.1, 0.15) is 56.0 Å². The third kappa shape index (κ3) is 5.17. The van der Waals surface area contributed by atoms with Gasteiger partial charge in [0.2, 0.25) is 0 Å². The van der Waals surface area contributed by atoms with Gasteiger partial charge in [0.15, 0.2) is 0 Å².